The molecule has 1 aliphatic carbocycles. The molecule has 0 aromatic carbocycles. The van der Waals surface area contributed by atoms with Crippen molar-refractivity contribution in [1.29, 1.82) is 0 Å². The number of hydrogen-bond donors (Lipinski definition) is 1. The number of aryl methyl sites for hydroxylation is 2. The molecule has 0 bridgehead atoms. The van der Waals surface area contributed by atoms with Crippen molar-refractivity contribution in [3.05, 3.63) is 41.6 Å². The fourth-order valence-corrected chi connectivity index (χ4v) is 4.16. The monoisotopic (exact) mass is 484 g/mol. The quantitative estimate of drug-likeness (QED) is 0.431. The first-order chi connectivity index (χ1) is 16.9. The molecule has 0 spiro atoms. The van der Waals surface area contributed by atoms with E-state index < -0.39 is 12.6 Å². The lowest BCUT2D eigenvalue weighted by Crippen LogP contribution is -2.29. The minimum Gasteiger partial charge on any atom is -0.489 e. The van der Waals surface area contributed by atoms with Gasteiger partial charge in [0.25, 0.3) is 0 Å². The van der Waals surface area contributed by atoms with Crippen molar-refractivity contribution in [3.8, 4) is 23.0 Å². The molecule has 0 saturated heterocycles. The molecule has 0 unspecified atom stereocenters. The van der Waals surface area contributed by atoms with Gasteiger partial charge in [0.15, 0.2) is 0 Å². The molecule has 11 heteroatoms. The molecule has 0 radical (unpaired) electrons. The van der Waals surface area contributed by atoms with E-state index in [9.17, 15) is 14.3 Å². The number of hydrogen-bond acceptors (Lipinski definition) is 8. The molecule has 1 aliphatic rings. The first kappa shape index (κ1) is 24.5. The molecule has 3 aromatic heterocycles. The number of alkyl halides is 1. The van der Waals surface area contributed by atoms with E-state index in [0.717, 1.165) is 18.5 Å². The van der Waals surface area contributed by atoms with Crippen molar-refractivity contribution in [2.45, 2.75) is 51.6 Å². The van der Waals surface area contributed by atoms with Gasteiger partial charge in [0.2, 0.25) is 5.88 Å². The van der Waals surface area contributed by atoms with Crippen LogP contribution in [0.2, 0.25) is 0 Å². The molecule has 1 fully saturated rings. The third kappa shape index (κ3) is 6.09. The van der Waals surface area contributed by atoms with Gasteiger partial charge in [-0.25, -0.2) is 9.97 Å². The lowest BCUT2D eigenvalue weighted by molar-refractivity contribution is -0.143. The predicted octanol–water partition coefficient (Wildman–Crippen LogP) is 3.33. The maximum Gasteiger partial charge on any atom is 0.306 e. The van der Waals surface area contributed by atoms with Crippen LogP contribution in [0.1, 0.15) is 49.3 Å². The van der Waals surface area contributed by atoms with Crippen LogP contribution in [0.15, 0.2) is 24.4 Å². The first-order valence-electron chi connectivity index (χ1n) is 11.7. The van der Waals surface area contributed by atoms with Crippen LogP contribution in [0.25, 0.3) is 11.4 Å². The third-order valence-electron chi connectivity index (χ3n) is 6.03. The lowest BCUT2D eigenvalue weighted by Gasteiger charge is -2.27. The molecular weight excluding hydrogens is 455 g/mol. The molecule has 0 amide bonds. The predicted molar refractivity (Wildman–Crippen MR) is 124 cm³/mol. The summed E-state index contributed by atoms with van der Waals surface area (Å²) in [6, 6.07) is 5.31. The van der Waals surface area contributed by atoms with Crippen LogP contribution < -0.4 is 9.47 Å². The summed E-state index contributed by atoms with van der Waals surface area (Å²) in [6.07, 6.45) is 4.98. The first-order valence-corrected chi connectivity index (χ1v) is 11.7. The number of ether oxygens (including phenoxy) is 2. The minimum atomic E-state index is -0.764. The van der Waals surface area contributed by atoms with Crippen molar-refractivity contribution < 1.29 is 23.8 Å². The van der Waals surface area contributed by atoms with Gasteiger partial charge >= 0.3 is 5.97 Å². The summed E-state index contributed by atoms with van der Waals surface area (Å²) in [7, 11) is 1.79. The third-order valence-corrected chi connectivity index (χ3v) is 6.03. The number of rotatable bonds is 10. The van der Waals surface area contributed by atoms with Crippen LogP contribution in [-0.2, 0) is 18.3 Å². The molecule has 35 heavy (non-hydrogen) atoms. The second-order valence-corrected chi connectivity index (χ2v) is 8.61. The molecule has 10 nitrogen and oxygen atoms in total. The van der Waals surface area contributed by atoms with Crippen LogP contribution in [0.5, 0.6) is 11.6 Å². The van der Waals surface area contributed by atoms with Gasteiger partial charge in [-0.15, -0.1) is 5.10 Å². The van der Waals surface area contributed by atoms with Crippen molar-refractivity contribution in [1.82, 2.24) is 29.9 Å². The van der Waals surface area contributed by atoms with Crippen LogP contribution >= 0.6 is 0 Å². The lowest BCUT2D eigenvalue weighted by atomic mass is 9.87. The molecule has 2 atom stereocenters. The molecule has 186 valence electrons. The van der Waals surface area contributed by atoms with Gasteiger partial charge in [-0.05, 0) is 44.7 Å². The average molecular weight is 485 g/mol. The Morgan fingerprint density at radius 3 is 2.89 bits per heavy atom. The SMILES string of the molecule is Cc1nc(-c2nnn(C)c2Cc2nccc(OCCCF)n2)ccc1O[C@H]1CCC[C@H](C(=O)O)C1. The molecule has 4 rings (SSSR count). The van der Waals surface area contributed by atoms with E-state index in [0.29, 0.717) is 60.2 Å². The van der Waals surface area contributed by atoms with E-state index in [1.54, 1.807) is 24.0 Å². The number of carbonyl (C=O) groups is 1. The van der Waals surface area contributed by atoms with Gasteiger partial charge in [-0.2, -0.15) is 4.98 Å². The Balaban J connectivity index is 1.49. The smallest absolute Gasteiger partial charge is 0.306 e. The van der Waals surface area contributed by atoms with Crippen molar-refractivity contribution in [2.24, 2.45) is 13.0 Å². The van der Waals surface area contributed by atoms with Crippen LogP contribution in [0.4, 0.5) is 4.39 Å². The van der Waals surface area contributed by atoms with Gasteiger partial charge in [-0.1, -0.05) is 5.21 Å². The Bertz CT molecular complexity index is 1170. The van der Waals surface area contributed by atoms with E-state index in [4.69, 9.17) is 9.47 Å². The summed E-state index contributed by atoms with van der Waals surface area (Å²) in [5.41, 5.74) is 2.72. The number of aliphatic carboxylic acids is 1. The van der Waals surface area contributed by atoms with E-state index in [-0.39, 0.29) is 18.6 Å². The zero-order valence-electron chi connectivity index (χ0n) is 19.9. The second kappa shape index (κ2) is 11.2. The zero-order chi connectivity index (χ0) is 24.8. The number of halogens is 1. The highest BCUT2D eigenvalue weighted by Gasteiger charge is 2.28. The number of aromatic nitrogens is 6. The van der Waals surface area contributed by atoms with Crippen molar-refractivity contribution >= 4 is 5.97 Å². The molecule has 0 aliphatic heterocycles. The molecule has 3 aromatic rings. The van der Waals surface area contributed by atoms with Crippen molar-refractivity contribution in [3.63, 3.8) is 0 Å². The maximum atomic E-state index is 12.3. The standard InChI is InChI=1S/C24H29FN6O4/c1-15-20(35-17-6-3-5-16(13-17)24(32)33)8-7-18(27-15)23-19(31(2)30-29-23)14-21-26-11-9-22(28-21)34-12-4-10-25/h7-9,11,16-17H,3-6,10,12-14H2,1-2H3,(H,32,33)/t16-,17-/m0/s1. The minimum absolute atomic E-state index is 0.139. The number of pyridine rings is 1. The fourth-order valence-electron chi connectivity index (χ4n) is 4.16. The van der Waals surface area contributed by atoms with Gasteiger partial charge in [0.05, 0.1) is 48.8 Å². The summed E-state index contributed by atoms with van der Waals surface area (Å²) in [4.78, 5) is 24.8. The molecular formula is C24H29FN6O4. The van der Waals surface area contributed by atoms with E-state index in [1.807, 2.05) is 19.1 Å². The highest BCUT2D eigenvalue weighted by Crippen LogP contribution is 2.30. The van der Waals surface area contributed by atoms with E-state index >= 15 is 0 Å². The second-order valence-electron chi connectivity index (χ2n) is 8.61. The normalized spacial score (nSPS) is 17.8. The van der Waals surface area contributed by atoms with E-state index in [2.05, 4.69) is 25.3 Å². The Hall–Kier alpha value is -3.63. The summed E-state index contributed by atoms with van der Waals surface area (Å²) >= 11 is 0. The molecule has 3 heterocycles. The molecule has 1 saturated carbocycles. The highest BCUT2D eigenvalue weighted by atomic mass is 19.1. The van der Waals surface area contributed by atoms with Crippen LogP contribution in [-0.4, -0.2) is 60.4 Å². The Labute approximate surface area is 202 Å². The van der Waals surface area contributed by atoms with Crippen molar-refractivity contribution in [2.75, 3.05) is 13.3 Å². The maximum absolute atomic E-state index is 12.3. The molecule has 1 N–H and O–H groups in total. The van der Waals surface area contributed by atoms with Crippen LogP contribution in [0.3, 0.4) is 0 Å². The summed E-state index contributed by atoms with van der Waals surface area (Å²) < 4.78 is 25.6. The van der Waals surface area contributed by atoms with Gasteiger partial charge in [0, 0.05) is 25.7 Å². The summed E-state index contributed by atoms with van der Waals surface area (Å²) in [5, 5.41) is 17.8. The Morgan fingerprint density at radius 2 is 2.11 bits per heavy atom. The Kier molecular flexibility index (Phi) is 7.84. The number of carboxylic acid groups (broad SMARTS) is 1. The summed E-state index contributed by atoms with van der Waals surface area (Å²) in [6.45, 7) is 1.66. The van der Waals surface area contributed by atoms with Gasteiger partial charge in [-0.3, -0.25) is 13.9 Å². The van der Waals surface area contributed by atoms with Gasteiger partial charge in [0.1, 0.15) is 17.3 Å². The average Bonchev–Trinajstić information content (AvgIpc) is 3.21. The van der Waals surface area contributed by atoms with E-state index in [1.165, 1.54) is 0 Å². The fraction of sp³-hybridized carbons (Fsp3) is 0.500. The zero-order valence-corrected chi connectivity index (χ0v) is 19.9. The number of carboxylic acids is 1. The topological polar surface area (TPSA) is 125 Å². The Morgan fingerprint density at radius 1 is 1.26 bits per heavy atom. The van der Waals surface area contributed by atoms with Gasteiger partial charge < -0.3 is 14.6 Å². The largest absolute Gasteiger partial charge is 0.489 e. The summed E-state index contributed by atoms with van der Waals surface area (Å²) in [5.74, 6) is 0.425. The van der Waals surface area contributed by atoms with Crippen LogP contribution in [0, 0.1) is 12.8 Å². The highest BCUT2D eigenvalue weighted by molar-refractivity contribution is 5.70. The number of nitrogens with zero attached hydrogens (tertiary/aromatic N) is 6.